The number of carbonyl (C=O) groups excluding carboxylic acids is 4. The van der Waals surface area contributed by atoms with Gasteiger partial charge in [-0.05, 0) is 49.7 Å². The number of nitrogens with zero attached hydrogens (tertiary/aromatic N) is 2. The van der Waals surface area contributed by atoms with E-state index in [1.54, 1.807) is 40.9 Å². The molecule has 3 aromatic carbocycles. The second kappa shape index (κ2) is 13.3. The number of hydrogen-bond donors (Lipinski definition) is 2. The molecule has 1 spiro atoms. The maximum Gasteiger partial charge on any atom is 0.408 e. The highest BCUT2D eigenvalue weighted by Crippen LogP contribution is 2.55. The van der Waals surface area contributed by atoms with Crippen LogP contribution in [0.15, 0.2) is 91.0 Å². The average molecular weight is 629 g/mol. The van der Waals surface area contributed by atoms with E-state index in [1.807, 2.05) is 73.8 Å². The number of benzene rings is 3. The number of ether oxygens (including phenoxy) is 2. The molecule has 4 atom stereocenters. The van der Waals surface area contributed by atoms with Gasteiger partial charge >= 0.3 is 12.1 Å². The van der Waals surface area contributed by atoms with Crippen LogP contribution >= 0.6 is 11.8 Å². The Balaban J connectivity index is 1.16. The number of piperidine rings is 1. The molecule has 6 rings (SSSR count). The van der Waals surface area contributed by atoms with Crippen LogP contribution in [0.2, 0.25) is 0 Å². The van der Waals surface area contributed by atoms with E-state index in [9.17, 15) is 19.2 Å². The molecule has 2 N–H and O–H groups in total. The van der Waals surface area contributed by atoms with Crippen molar-refractivity contribution in [2.45, 2.75) is 54.3 Å². The third-order valence-electron chi connectivity index (χ3n) is 8.66. The van der Waals surface area contributed by atoms with Gasteiger partial charge in [-0.1, -0.05) is 91.0 Å². The lowest BCUT2D eigenvalue weighted by Crippen LogP contribution is -2.71. The molecule has 3 fully saturated rings. The lowest BCUT2D eigenvalue weighted by molar-refractivity contribution is -0.166. The van der Waals surface area contributed by atoms with Gasteiger partial charge in [-0.2, -0.15) is 0 Å². The number of β-lactam (4-membered cyclic amide) rings is 1. The fourth-order valence-corrected chi connectivity index (χ4v) is 8.06. The molecule has 3 heterocycles. The molecule has 0 bridgehead atoms. The zero-order chi connectivity index (χ0) is 31.4. The van der Waals surface area contributed by atoms with E-state index in [0.717, 1.165) is 24.2 Å². The normalized spacial score (nSPS) is 22.6. The molecular formula is C34H36N4O6S. The van der Waals surface area contributed by atoms with Crippen molar-refractivity contribution in [3.05, 3.63) is 108 Å². The lowest BCUT2D eigenvalue weighted by atomic mass is 9.85. The minimum absolute atomic E-state index is 0.0453. The monoisotopic (exact) mass is 628 g/mol. The van der Waals surface area contributed by atoms with Crippen molar-refractivity contribution < 1.29 is 28.7 Å². The molecule has 11 heteroatoms. The molecule has 0 radical (unpaired) electrons. The number of hydrogen-bond acceptors (Lipinski definition) is 8. The maximum atomic E-state index is 13.7. The molecule has 0 aromatic heterocycles. The van der Waals surface area contributed by atoms with Crippen molar-refractivity contribution in [2.75, 3.05) is 20.1 Å². The molecule has 234 valence electrons. The van der Waals surface area contributed by atoms with E-state index in [4.69, 9.17) is 9.47 Å². The summed E-state index contributed by atoms with van der Waals surface area (Å²) in [5, 5.41) is 5.12. The molecule has 3 unspecified atom stereocenters. The number of rotatable bonds is 9. The molecule has 10 nitrogen and oxygen atoms in total. The summed E-state index contributed by atoms with van der Waals surface area (Å²) in [5.74, 6) is -1.30. The quantitative estimate of drug-likeness (QED) is 0.273. The maximum absolute atomic E-state index is 13.7. The van der Waals surface area contributed by atoms with Crippen molar-refractivity contribution in [3.63, 3.8) is 0 Å². The Bertz CT molecular complexity index is 1520. The molecule has 3 aromatic rings. The molecule has 3 amide bonds. The van der Waals surface area contributed by atoms with Gasteiger partial charge in [-0.3, -0.25) is 9.59 Å². The summed E-state index contributed by atoms with van der Waals surface area (Å²) in [6.07, 6.45) is 0.662. The largest absolute Gasteiger partial charge is 0.459 e. The summed E-state index contributed by atoms with van der Waals surface area (Å²) < 4.78 is 10.6. The standard InChI is InChI=1S/C34H36N4O6S/c1-37-19-17-34(18-20-37)28(32(41)43-21-23-11-5-2-6-12-23)38-30(40)27(31(38)45-34)35-29(39)26(25-15-9-4-10-16-25)36-33(42)44-22-24-13-7-3-8-14-24/h2-16,26-28,31H,17-22H2,1H3,(H,35,39)(H,36,42)/t26?,27?,28?,31-/m0/s1. The van der Waals surface area contributed by atoms with E-state index in [0.29, 0.717) is 18.4 Å². The highest BCUT2D eigenvalue weighted by atomic mass is 32.2. The van der Waals surface area contributed by atoms with Crippen LogP contribution in [0.25, 0.3) is 0 Å². The summed E-state index contributed by atoms with van der Waals surface area (Å²) in [7, 11) is 2.04. The van der Waals surface area contributed by atoms with Gasteiger partial charge in [0.15, 0.2) is 0 Å². The number of carbonyl (C=O) groups is 4. The second-order valence-electron chi connectivity index (χ2n) is 11.7. The highest BCUT2D eigenvalue weighted by Gasteiger charge is 2.67. The minimum atomic E-state index is -1.09. The number of thioether (sulfide) groups is 1. The zero-order valence-electron chi connectivity index (χ0n) is 25.0. The van der Waals surface area contributed by atoms with Crippen molar-refractivity contribution in [3.8, 4) is 0 Å². The molecular weight excluding hydrogens is 592 g/mol. The first-order valence-electron chi connectivity index (χ1n) is 15.1. The third-order valence-corrected chi connectivity index (χ3v) is 10.5. The smallest absolute Gasteiger partial charge is 0.408 e. The first-order chi connectivity index (χ1) is 21.8. The van der Waals surface area contributed by atoms with Gasteiger partial charge in [-0.25, -0.2) is 9.59 Å². The van der Waals surface area contributed by atoms with E-state index in [-0.39, 0.29) is 19.1 Å². The predicted molar refractivity (Wildman–Crippen MR) is 169 cm³/mol. The number of alkyl carbamates (subject to hydrolysis) is 1. The minimum Gasteiger partial charge on any atom is -0.459 e. The first-order valence-corrected chi connectivity index (χ1v) is 15.9. The molecule has 3 aliphatic heterocycles. The Hall–Kier alpha value is -4.35. The second-order valence-corrected chi connectivity index (χ2v) is 13.2. The van der Waals surface area contributed by atoms with Crippen molar-refractivity contribution in [1.82, 2.24) is 20.4 Å². The SMILES string of the molecule is CN1CCC2(CC1)S[C@H]1C(NC(=O)C(NC(=O)OCc3ccccc3)c3ccccc3)C(=O)N1C2C(=O)OCc1ccccc1. The van der Waals surface area contributed by atoms with Gasteiger partial charge in [0, 0.05) is 0 Å². The van der Waals surface area contributed by atoms with Crippen molar-refractivity contribution >= 4 is 35.6 Å². The van der Waals surface area contributed by atoms with Gasteiger partial charge < -0.3 is 29.9 Å². The number of esters is 1. The molecule has 0 saturated carbocycles. The average Bonchev–Trinajstić information content (AvgIpc) is 3.37. The van der Waals surface area contributed by atoms with E-state index >= 15 is 0 Å². The molecule has 3 saturated heterocycles. The Morgan fingerprint density at radius 1 is 0.867 bits per heavy atom. The van der Waals surface area contributed by atoms with E-state index in [2.05, 4.69) is 15.5 Å². The van der Waals surface area contributed by atoms with Crippen LogP contribution in [-0.2, 0) is 37.1 Å². The molecule has 45 heavy (non-hydrogen) atoms. The Kier molecular flexibility index (Phi) is 9.09. The molecule has 0 aliphatic carbocycles. The summed E-state index contributed by atoms with van der Waals surface area (Å²) in [6, 6.07) is 24.8. The van der Waals surface area contributed by atoms with Crippen molar-refractivity contribution in [1.29, 1.82) is 0 Å². The Labute approximate surface area is 266 Å². The Morgan fingerprint density at radius 3 is 2.02 bits per heavy atom. The van der Waals surface area contributed by atoms with Crippen LogP contribution in [0, 0.1) is 0 Å². The lowest BCUT2D eigenvalue weighted by Gasteiger charge is -2.45. The van der Waals surface area contributed by atoms with Gasteiger partial charge in [0.1, 0.15) is 36.7 Å². The Morgan fingerprint density at radius 2 is 1.42 bits per heavy atom. The van der Waals surface area contributed by atoms with Gasteiger partial charge in [0.25, 0.3) is 0 Å². The summed E-state index contributed by atoms with van der Waals surface area (Å²) >= 11 is 1.58. The fraction of sp³-hybridized carbons (Fsp3) is 0.353. The van der Waals surface area contributed by atoms with E-state index in [1.165, 1.54) is 0 Å². The highest BCUT2D eigenvalue weighted by molar-refractivity contribution is 8.01. The van der Waals surface area contributed by atoms with Crippen LogP contribution in [0.5, 0.6) is 0 Å². The number of fused-ring (bicyclic) bond motifs is 1. The van der Waals surface area contributed by atoms with Crippen LogP contribution in [-0.4, -0.2) is 76.0 Å². The van der Waals surface area contributed by atoms with Gasteiger partial charge in [-0.15, -0.1) is 11.8 Å². The number of nitrogens with one attached hydrogen (secondary N) is 2. The van der Waals surface area contributed by atoms with Crippen LogP contribution in [0.4, 0.5) is 4.79 Å². The van der Waals surface area contributed by atoms with Crippen LogP contribution < -0.4 is 10.6 Å². The number of likely N-dealkylation sites (tertiary alicyclic amines) is 1. The number of amides is 3. The summed E-state index contributed by atoms with van der Waals surface area (Å²) in [6.45, 7) is 1.73. The van der Waals surface area contributed by atoms with Gasteiger partial charge in [0.2, 0.25) is 11.8 Å². The van der Waals surface area contributed by atoms with E-state index < -0.39 is 46.2 Å². The van der Waals surface area contributed by atoms with Crippen molar-refractivity contribution in [2.24, 2.45) is 0 Å². The molecule has 3 aliphatic rings. The van der Waals surface area contributed by atoms with Crippen LogP contribution in [0.3, 0.4) is 0 Å². The van der Waals surface area contributed by atoms with Crippen LogP contribution in [0.1, 0.15) is 35.6 Å². The third kappa shape index (κ3) is 6.55. The van der Waals surface area contributed by atoms with Gasteiger partial charge in [0.05, 0.1) is 4.75 Å². The summed E-state index contributed by atoms with van der Waals surface area (Å²) in [4.78, 5) is 57.6. The topological polar surface area (TPSA) is 117 Å². The first kappa shape index (κ1) is 30.7. The zero-order valence-corrected chi connectivity index (χ0v) is 25.8. The predicted octanol–water partition coefficient (Wildman–Crippen LogP) is 3.63. The summed E-state index contributed by atoms with van der Waals surface area (Å²) in [5.41, 5.74) is 2.22. The fourth-order valence-electron chi connectivity index (χ4n) is 6.17.